The van der Waals surface area contributed by atoms with Gasteiger partial charge in [0.15, 0.2) is 0 Å². The molecule has 0 bridgehead atoms. The van der Waals surface area contributed by atoms with Crippen LogP contribution in [-0.4, -0.2) is 92.1 Å². The fourth-order valence-corrected chi connectivity index (χ4v) is 3.36. The summed E-state index contributed by atoms with van der Waals surface area (Å²) in [5.41, 5.74) is 0.464. The maximum absolute atomic E-state index is 13.2. The number of anilines is 1. The van der Waals surface area contributed by atoms with Crippen molar-refractivity contribution in [1.82, 2.24) is 14.7 Å². The molecule has 27 heavy (non-hydrogen) atoms. The lowest BCUT2D eigenvalue weighted by Crippen LogP contribution is -2.53. The smallest absolute Gasteiger partial charge is 0.238 e. The molecule has 2 fully saturated rings. The van der Waals surface area contributed by atoms with Gasteiger partial charge in [-0.15, -0.1) is 0 Å². The van der Waals surface area contributed by atoms with Gasteiger partial charge in [0.05, 0.1) is 31.3 Å². The zero-order chi connectivity index (χ0) is 19.2. The molecular weight excluding hydrogens is 375 g/mol. The molecule has 2 saturated heterocycles. The number of nitrogens with zero attached hydrogens (tertiary/aromatic N) is 3. The van der Waals surface area contributed by atoms with Crippen molar-refractivity contribution in [2.75, 3.05) is 70.9 Å². The first-order valence-corrected chi connectivity index (χ1v) is 9.44. The van der Waals surface area contributed by atoms with Crippen LogP contribution in [0.5, 0.6) is 0 Å². The standard InChI is InChI=1S/C18H24ClFN4O3/c19-15-11-14(1-2-16(15)20)21-17(25)12-22-3-5-24(6-4-22)18(26)13-23-7-9-27-10-8-23/h1-2,11H,3-10,12-13H2,(H,21,25). The second-order valence-electron chi connectivity index (χ2n) is 6.72. The summed E-state index contributed by atoms with van der Waals surface area (Å²) in [5.74, 6) is -0.583. The molecule has 0 aromatic heterocycles. The summed E-state index contributed by atoms with van der Waals surface area (Å²) in [6.45, 7) is 6.09. The molecular formula is C18H24ClFN4O3. The summed E-state index contributed by atoms with van der Waals surface area (Å²) in [4.78, 5) is 30.5. The SMILES string of the molecule is O=C(CN1CCN(C(=O)CN2CCOCC2)CC1)Nc1ccc(F)c(Cl)c1. The maximum Gasteiger partial charge on any atom is 0.238 e. The van der Waals surface area contributed by atoms with E-state index in [0.29, 0.717) is 51.6 Å². The predicted octanol–water partition coefficient (Wildman–Crippen LogP) is 0.894. The molecule has 0 radical (unpaired) electrons. The summed E-state index contributed by atoms with van der Waals surface area (Å²) in [6.07, 6.45) is 0. The number of amides is 2. The average Bonchev–Trinajstić information content (AvgIpc) is 2.66. The van der Waals surface area contributed by atoms with E-state index in [0.717, 1.165) is 13.1 Å². The first-order valence-electron chi connectivity index (χ1n) is 9.06. The number of rotatable bonds is 5. The number of hydrogen-bond acceptors (Lipinski definition) is 5. The Kier molecular flexibility index (Phi) is 7.01. The largest absolute Gasteiger partial charge is 0.379 e. The molecule has 1 aromatic rings. The normalized spacial score (nSPS) is 19.1. The lowest BCUT2D eigenvalue weighted by atomic mass is 10.2. The Morgan fingerprint density at radius 3 is 2.37 bits per heavy atom. The topological polar surface area (TPSA) is 65.1 Å². The van der Waals surface area contributed by atoms with Crippen molar-refractivity contribution >= 4 is 29.1 Å². The fourth-order valence-electron chi connectivity index (χ4n) is 3.18. The van der Waals surface area contributed by atoms with E-state index in [2.05, 4.69) is 10.2 Å². The van der Waals surface area contributed by atoms with Crippen molar-refractivity contribution in [3.63, 3.8) is 0 Å². The van der Waals surface area contributed by atoms with Crippen LogP contribution in [0.4, 0.5) is 10.1 Å². The van der Waals surface area contributed by atoms with Gasteiger partial charge < -0.3 is 15.0 Å². The minimum atomic E-state index is -0.521. The van der Waals surface area contributed by atoms with E-state index in [1.807, 2.05) is 9.80 Å². The van der Waals surface area contributed by atoms with Gasteiger partial charge >= 0.3 is 0 Å². The van der Waals surface area contributed by atoms with E-state index in [1.54, 1.807) is 0 Å². The van der Waals surface area contributed by atoms with E-state index in [4.69, 9.17) is 16.3 Å². The highest BCUT2D eigenvalue weighted by Gasteiger charge is 2.24. The molecule has 2 heterocycles. The first-order chi connectivity index (χ1) is 13.0. The van der Waals surface area contributed by atoms with Crippen molar-refractivity contribution in [2.45, 2.75) is 0 Å². The van der Waals surface area contributed by atoms with Gasteiger partial charge in [-0.3, -0.25) is 19.4 Å². The minimum absolute atomic E-state index is 0.0276. The molecule has 0 spiro atoms. The van der Waals surface area contributed by atoms with Gasteiger partial charge in [-0.25, -0.2) is 4.39 Å². The monoisotopic (exact) mass is 398 g/mol. The number of piperazine rings is 1. The molecule has 2 aliphatic heterocycles. The second kappa shape index (κ2) is 9.45. The predicted molar refractivity (Wildman–Crippen MR) is 100 cm³/mol. The lowest BCUT2D eigenvalue weighted by molar-refractivity contribution is -0.135. The molecule has 1 aromatic carbocycles. The van der Waals surface area contributed by atoms with E-state index in [9.17, 15) is 14.0 Å². The summed E-state index contributed by atoms with van der Waals surface area (Å²) in [5, 5.41) is 2.69. The lowest BCUT2D eigenvalue weighted by Gasteiger charge is -2.36. The Labute approximate surface area is 163 Å². The highest BCUT2D eigenvalue weighted by molar-refractivity contribution is 6.31. The van der Waals surface area contributed by atoms with Crippen LogP contribution < -0.4 is 5.32 Å². The van der Waals surface area contributed by atoms with Crippen molar-refractivity contribution in [3.8, 4) is 0 Å². The first kappa shape index (κ1) is 20.0. The third-order valence-electron chi connectivity index (χ3n) is 4.76. The van der Waals surface area contributed by atoms with Crippen LogP contribution >= 0.6 is 11.6 Å². The van der Waals surface area contributed by atoms with Crippen LogP contribution in [0.3, 0.4) is 0 Å². The highest BCUT2D eigenvalue weighted by atomic mass is 35.5. The number of ether oxygens (including phenoxy) is 1. The summed E-state index contributed by atoms with van der Waals surface area (Å²) < 4.78 is 18.5. The molecule has 2 amide bonds. The Morgan fingerprint density at radius 2 is 1.70 bits per heavy atom. The van der Waals surface area contributed by atoms with Gasteiger partial charge in [0.2, 0.25) is 11.8 Å². The van der Waals surface area contributed by atoms with Crippen LogP contribution in [0.1, 0.15) is 0 Å². The number of hydrogen-bond donors (Lipinski definition) is 1. The van der Waals surface area contributed by atoms with E-state index >= 15 is 0 Å². The molecule has 3 rings (SSSR count). The molecule has 0 unspecified atom stereocenters. The molecule has 0 atom stereocenters. The number of halogens is 2. The molecule has 1 N–H and O–H groups in total. The Balaban J connectivity index is 1.40. The quantitative estimate of drug-likeness (QED) is 0.798. The van der Waals surface area contributed by atoms with Gasteiger partial charge in [0, 0.05) is 45.0 Å². The van der Waals surface area contributed by atoms with Crippen LogP contribution in [0, 0.1) is 5.82 Å². The fraction of sp³-hybridized carbons (Fsp3) is 0.556. The number of carbonyl (C=O) groups is 2. The van der Waals surface area contributed by atoms with E-state index in [1.165, 1.54) is 18.2 Å². The van der Waals surface area contributed by atoms with E-state index < -0.39 is 5.82 Å². The van der Waals surface area contributed by atoms with Crippen LogP contribution in [0.15, 0.2) is 18.2 Å². The molecule has 9 heteroatoms. The second-order valence-corrected chi connectivity index (χ2v) is 7.13. The third kappa shape index (κ3) is 5.87. The Morgan fingerprint density at radius 1 is 1.04 bits per heavy atom. The highest BCUT2D eigenvalue weighted by Crippen LogP contribution is 2.19. The zero-order valence-corrected chi connectivity index (χ0v) is 15.9. The maximum atomic E-state index is 13.2. The number of carbonyl (C=O) groups excluding carboxylic acids is 2. The molecule has 148 valence electrons. The van der Waals surface area contributed by atoms with Gasteiger partial charge in [-0.05, 0) is 18.2 Å². The molecule has 0 saturated carbocycles. The molecule has 0 aliphatic carbocycles. The van der Waals surface area contributed by atoms with Crippen LogP contribution in [0.25, 0.3) is 0 Å². The van der Waals surface area contributed by atoms with Crippen molar-refractivity contribution < 1.29 is 18.7 Å². The average molecular weight is 399 g/mol. The van der Waals surface area contributed by atoms with E-state index in [-0.39, 0.29) is 23.4 Å². The summed E-state index contributed by atoms with van der Waals surface area (Å²) >= 11 is 5.72. The van der Waals surface area contributed by atoms with Crippen molar-refractivity contribution in [1.29, 1.82) is 0 Å². The zero-order valence-electron chi connectivity index (χ0n) is 15.1. The molecule has 2 aliphatic rings. The Bertz CT molecular complexity index is 677. The van der Waals surface area contributed by atoms with Crippen LogP contribution in [-0.2, 0) is 14.3 Å². The summed E-state index contributed by atoms with van der Waals surface area (Å²) in [6, 6.07) is 4.08. The van der Waals surface area contributed by atoms with Gasteiger partial charge in [-0.1, -0.05) is 11.6 Å². The summed E-state index contributed by atoms with van der Waals surface area (Å²) in [7, 11) is 0. The Hall–Kier alpha value is -1.74. The molecule has 7 nitrogen and oxygen atoms in total. The number of nitrogens with one attached hydrogen (secondary N) is 1. The van der Waals surface area contributed by atoms with Crippen LogP contribution in [0.2, 0.25) is 5.02 Å². The van der Waals surface area contributed by atoms with Gasteiger partial charge in [-0.2, -0.15) is 0 Å². The number of morpholine rings is 1. The van der Waals surface area contributed by atoms with Gasteiger partial charge in [0.1, 0.15) is 5.82 Å². The number of benzene rings is 1. The van der Waals surface area contributed by atoms with Crippen molar-refractivity contribution in [3.05, 3.63) is 29.0 Å². The van der Waals surface area contributed by atoms with Crippen molar-refractivity contribution in [2.24, 2.45) is 0 Å². The van der Waals surface area contributed by atoms with Gasteiger partial charge in [0.25, 0.3) is 0 Å². The third-order valence-corrected chi connectivity index (χ3v) is 5.05. The minimum Gasteiger partial charge on any atom is -0.379 e.